The van der Waals surface area contributed by atoms with Crippen LogP contribution in [0, 0.1) is 12.7 Å². The molecule has 0 aliphatic carbocycles. The van der Waals surface area contributed by atoms with Crippen LogP contribution in [0.2, 0.25) is 0 Å². The van der Waals surface area contributed by atoms with Gasteiger partial charge in [-0.25, -0.2) is 4.39 Å². The first-order valence-electron chi connectivity index (χ1n) is 5.73. The lowest BCUT2D eigenvalue weighted by molar-refractivity contribution is -0.139. The quantitative estimate of drug-likeness (QED) is 0.753. The maximum Gasteiger partial charge on any atom is 0.257 e. The molecule has 2 amide bonds. The van der Waals surface area contributed by atoms with Crippen LogP contribution in [0.5, 0.6) is 0 Å². The number of hydrogen-bond donors (Lipinski definition) is 0. The van der Waals surface area contributed by atoms with E-state index in [0.29, 0.717) is 16.7 Å². The monoisotopic (exact) mass is 247 g/mol. The van der Waals surface area contributed by atoms with Gasteiger partial charge in [0.1, 0.15) is 5.82 Å². The van der Waals surface area contributed by atoms with Crippen LogP contribution in [0.15, 0.2) is 29.8 Å². The highest BCUT2D eigenvalue weighted by Gasteiger charge is 2.33. The third kappa shape index (κ3) is 1.94. The van der Waals surface area contributed by atoms with Gasteiger partial charge in [0.2, 0.25) is 0 Å². The number of carbonyl (C=O) groups is 2. The summed E-state index contributed by atoms with van der Waals surface area (Å²) in [7, 11) is 0. The summed E-state index contributed by atoms with van der Waals surface area (Å²) < 4.78 is 13.5. The molecule has 0 saturated heterocycles. The van der Waals surface area contributed by atoms with Crippen LogP contribution in [-0.2, 0) is 9.59 Å². The van der Waals surface area contributed by atoms with Crippen LogP contribution in [0.1, 0.15) is 31.0 Å². The molecule has 0 saturated carbocycles. The van der Waals surface area contributed by atoms with Crippen LogP contribution in [-0.4, -0.2) is 16.7 Å². The van der Waals surface area contributed by atoms with Gasteiger partial charge in [-0.05, 0) is 38.0 Å². The molecule has 2 rings (SSSR count). The lowest BCUT2D eigenvalue weighted by Gasteiger charge is -2.23. The van der Waals surface area contributed by atoms with Gasteiger partial charge in [-0.2, -0.15) is 0 Å². The highest BCUT2D eigenvalue weighted by molar-refractivity contribution is 6.16. The second-order valence-corrected chi connectivity index (χ2v) is 4.53. The third-order valence-electron chi connectivity index (χ3n) is 3.20. The van der Waals surface area contributed by atoms with Crippen molar-refractivity contribution in [1.82, 2.24) is 4.90 Å². The molecule has 1 unspecified atom stereocenters. The zero-order chi connectivity index (χ0) is 13.4. The number of amides is 2. The van der Waals surface area contributed by atoms with Crippen molar-refractivity contribution in [3.63, 3.8) is 0 Å². The van der Waals surface area contributed by atoms with E-state index < -0.39 is 6.04 Å². The number of hydrogen-bond acceptors (Lipinski definition) is 2. The van der Waals surface area contributed by atoms with Crippen molar-refractivity contribution < 1.29 is 14.0 Å². The molecule has 1 aliphatic rings. The zero-order valence-electron chi connectivity index (χ0n) is 10.5. The molecule has 1 atom stereocenters. The van der Waals surface area contributed by atoms with Crippen molar-refractivity contribution in [3.8, 4) is 0 Å². The Bertz CT molecular complexity index is 563. The van der Waals surface area contributed by atoms with Crippen LogP contribution in [0.25, 0.3) is 0 Å². The summed E-state index contributed by atoms with van der Waals surface area (Å²) in [5, 5.41) is 0. The van der Waals surface area contributed by atoms with E-state index in [1.807, 2.05) is 0 Å². The fraction of sp³-hybridized carbons (Fsp3) is 0.286. The lowest BCUT2D eigenvalue weighted by atomic mass is 10.0. The molecule has 0 bridgehead atoms. The van der Waals surface area contributed by atoms with Crippen LogP contribution in [0.3, 0.4) is 0 Å². The van der Waals surface area contributed by atoms with Gasteiger partial charge in [0.15, 0.2) is 0 Å². The van der Waals surface area contributed by atoms with Gasteiger partial charge in [-0.1, -0.05) is 12.1 Å². The fourth-order valence-electron chi connectivity index (χ4n) is 1.99. The molecule has 4 heteroatoms. The van der Waals surface area contributed by atoms with E-state index in [-0.39, 0.29) is 17.6 Å². The molecule has 18 heavy (non-hydrogen) atoms. The number of halogens is 1. The van der Waals surface area contributed by atoms with Crippen LogP contribution in [0.4, 0.5) is 4.39 Å². The van der Waals surface area contributed by atoms with Crippen molar-refractivity contribution in [1.29, 1.82) is 0 Å². The van der Waals surface area contributed by atoms with Gasteiger partial charge in [-0.15, -0.1) is 0 Å². The summed E-state index contributed by atoms with van der Waals surface area (Å²) in [4.78, 5) is 24.7. The van der Waals surface area contributed by atoms with Crippen molar-refractivity contribution in [2.45, 2.75) is 26.8 Å². The molecular formula is C14H14FNO2. The first-order valence-corrected chi connectivity index (χ1v) is 5.73. The van der Waals surface area contributed by atoms with E-state index in [1.165, 1.54) is 12.1 Å². The summed E-state index contributed by atoms with van der Waals surface area (Å²) in [6.45, 7) is 4.98. The highest BCUT2D eigenvalue weighted by atomic mass is 19.1. The molecule has 0 spiro atoms. The Labute approximate surface area is 105 Å². The Morgan fingerprint density at radius 3 is 2.39 bits per heavy atom. The smallest absolute Gasteiger partial charge is 0.257 e. The second-order valence-electron chi connectivity index (χ2n) is 4.53. The summed E-state index contributed by atoms with van der Waals surface area (Å²) in [5.41, 5.74) is 1.57. The Balaban J connectivity index is 2.32. The molecule has 94 valence electrons. The Morgan fingerprint density at radius 2 is 1.89 bits per heavy atom. The first kappa shape index (κ1) is 12.5. The van der Waals surface area contributed by atoms with Gasteiger partial charge in [0.05, 0.1) is 6.04 Å². The minimum atomic E-state index is -0.464. The van der Waals surface area contributed by atoms with Crippen LogP contribution >= 0.6 is 0 Å². The molecule has 3 nitrogen and oxygen atoms in total. The highest BCUT2D eigenvalue weighted by Crippen LogP contribution is 2.27. The van der Waals surface area contributed by atoms with Gasteiger partial charge in [0, 0.05) is 11.6 Å². The average molecular weight is 247 g/mol. The number of rotatable bonds is 2. The number of imide groups is 1. The van der Waals surface area contributed by atoms with Gasteiger partial charge in [-0.3, -0.25) is 14.5 Å². The van der Waals surface area contributed by atoms with E-state index in [9.17, 15) is 14.0 Å². The largest absolute Gasteiger partial charge is 0.269 e. The molecule has 1 aliphatic heterocycles. The van der Waals surface area contributed by atoms with Gasteiger partial charge in [0.25, 0.3) is 11.8 Å². The average Bonchev–Trinajstić information content (AvgIpc) is 2.56. The van der Waals surface area contributed by atoms with Crippen LogP contribution < -0.4 is 0 Å². The molecule has 1 heterocycles. The van der Waals surface area contributed by atoms with E-state index in [1.54, 1.807) is 32.9 Å². The molecule has 0 aromatic heterocycles. The summed E-state index contributed by atoms with van der Waals surface area (Å²) in [5.74, 6) is -0.984. The normalized spacial score (nSPS) is 17.1. The Hall–Kier alpha value is -1.97. The molecule has 0 N–H and O–H groups in total. The van der Waals surface area contributed by atoms with E-state index in [4.69, 9.17) is 0 Å². The number of nitrogens with zero attached hydrogens (tertiary/aromatic N) is 1. The standard InChI is InChI=1S/C14H14FNO2/c1-8-4-5-11(7-12(8)15)10(3)16-13(17)6-9(2)14(16)18/h4-7,10H,1-3H3. The molecule has 1 aromatic rings. The maximum absolute atomic E-state index is 13.5. The molecule has 0 radical (unpaired) electrons. The molecule has 1 aromatic carbocycles. The first-order chi connectivity index (χ1) is 8.41. The number of benzene rings is 1. The Kier molecular flexibility index (Phi) is 3.03. The summed E-state index contributed by atoms with van der Waals surface area (Å²) in [6, 6.07) is 4.28. The van der Waals surface area contributed by atoms with Crippen molar-refractivity contribution in [2.75, 3.05) is 0 Å². The van der Waals surface area contributed by atoms with E-state index >= 15 is 0 Å². The minimum Gasteiger partial charge on any atom is -0.269 e. The van der Waals surface area contributed by atoms with Crippen molar-refractivity contribution in [2.24, 2.45) is 0 Å². The number of aryl methyl sites for hydroxylation is 1. The zero-order valence-corrected chi connectivity index (χ0v) is 10.5. The van der Waals surface area contributed by atoms with Crippen molar-refractivity contribution in [3.05, 3.63) is 46.8 Å². The predicted octanol–water partition coefficient (Wildman–Crippen LogP) is 2.51. The van der Waals surface area contributed by atoms with Gasteiger partial charge < -0.3 is 0 Å². The topological polar surface area (TPSA) is 37.4 Å². The lowest BCUT2D eigenvalue weighted by Crippen LogP contribution is -2.33. The minimum absolute atomic E-state index is 0.312. The molecular weight excluding hydrogens is 233 g/mol. The fourth-order valence-corrected chi connectivity index (χ4v) is 1.99. The van der Waals surface area contributed by atoms with Gasteiger partial charge >= 0.3 is 0 Å². The second kappa shape index (κ2) is 4.37. The summed E-state index contributed by atoms with van der Waals surface area (Å²) >= 11 is 0. The maximum atomic E-state index is 13.5. The molecule has 0 fully saturated rings. The third-order valence-corrected chi connectivity index (χ3v) is 3.20. The SMILES string of the molecule is CC1=CC(=O)N(C(C)c2ccc(C)c(F)c2)C1=O. The Morgan fingerprint density at radius 1 is 1.22 bits per heavy atom. The van der Waals surface area contributed by atoms with E-state index in [2.05, 4.69) is 0 Å². The summed E-state index contributed by atoms with van der Waals surface area (Å²) in [6.07, 6.45) is 1.31. The van der Waals surface area contributed by atoms with Crippen molar-refractivity contribution >= 4 is 11.8 Å². The van der Waals surface area contributed by atoms with E-state index in [0.717, 1.165) is 4.90 Å². The predicted molar refractivity (Wildman–Crippen MR) is 65.2 cm³/mol. The number of carbonyl (C=O) groups excluding carboxylic acids is 2.